The molecule has 1 aliphatic rings. The average Bonchev–Trinajstić information content (AvgIpc) is 2.69. The maximum Gasteiger partial charge on any atom is 0.251 e. The second-order valence-corrected chi connectivity index (χ2v) is 8.68. The molecule has 0 bridgehead atoms. The summed E-state index contributed by atoms with van der Waals surface area (Å²) in [6, 6.07) is 11.7. The topological polar surface area (TPSA) is 66.5 Å². The molecule has 0 unspecified atom stereocenters. The first-order valence-electron chi connectivity index (χ1n) is 9.04. The van der Waals surface area contributed by atoms with Crippen LogP contribution in [0.25, 0.3) is 0 Å². The number of amides is 1. The molecule has 2 aromatic carbocycles. The van der Waals surface area contributed by atoms with Crippen molar-refractivity contribution in [3.8, 4) is 0 Å². The number of benzene rings is 2. The third-order valence-electron chi connectivity index (χ3n) is 4.77. The van der Waals surface area contributed by atoms with E-state index in [9.17, 15) is 17.6 Å². The van der Waals surface area contributed by atoms with E-state index in [-0.39, 0.29) is 28.2 Å². The minimum atomic E-state index is -3.59. The minimum Gasteiger partial charge on any atom is -0.346 e. The Morgan fingerprint density at radius 1 is 1.07 bits per heavy atom. The quantitative estimate of drug-likeness (QED) is 0.850. The fourth-order valence-corrected chi connectivity index (χ4v) is 4.73. The Balaban J connectivity index is 1.76. The molecule has 1 aliphatic heterocycles. The first-order chi connectivity index (χ1) is 12.9. The van der Waals surface area contributed by atoms with Gasteiger partial charge in [-0.2, -0.15) is 4.31 Å². The van der Waals surface area contributed by atoms with Crippen molar-refractivity contribution < 1.29 is 17.6 Å². The van der Waals surface area contributed by atoms with E-state index >= 15 is 0 Å². The van der Waals surface area contributed by atoms with E-state index in [1.54, 1.807) is 31.2 Å². The number of hydrogen-bond donors (Lipinski definition) is 1. The van der Waals surface area contributed by atoms with Gasteiger partial charge >= 0.3 is 0 Å². The van der Waals surface area contributed by atoms with Gasteiger partial charge in [0, 0.05) is 18.7 Å². The van der Waals surface area contributed by atoms with Crippen LogP contribution in [0.1, 0.15) is 48.1 Å². The third-order valence-corrected chi connectivity index (χ3v) is 6.66. The van der Waals surface area contributed by atoms with Gasteiger partial charge < -0.3 is 5.32 Å². The predicted octanol–water partition coefficient (Wildman–Crippen LogP) is 3.49. The molecule has 1 fully saturated rings. The van der Waals surface area contributed by atoms with Crippen molar-refractivity contribution in [1.82, 2.24) is 9.62 Å². The van der Waals surface area contributed by atoms with Crippen LogP contribution < -0.4 is 5.32 Å². The van der Waals surface area contributed by atoms with E-state index in [2.05, 4.69) is 5.32 Å². The van der Waals surface area contributed by atoms with Crippen LogP contribution in [-0.2, 0) is 10.0 Å². The second-order valence-electron chi connectivity index (χ2n) is 6.74. The van der Waals surface area contributed by atoms with E-state index in [0.717, 1.165) is 24.8 Å². The number of piperidine rings is 1. The lowest BCUT2D eigenvalue weighted by Gasteiger charge is -2.26. The van der Waals surface area contributed by atoms with Crippen molar-refractivity contribution in [3.63, 3.8) is 0 Å². The number of rotatable bonds is 5. The maximum absolute atomic E-state index is 13.0. The van der Waals surface area contributed by atoms with Crippen LogP contribution in [0.3, 0.4) is 0 Å². The van der Waals surface area contributed by atoms with E-state index in [0.29, 0.717) is 13.1 Å². The smallest absolute Gasteiger partial charge is 0.251 e. The molecule has 5 nitrogen and oxygen atoms in total. The normalized spacial score (nSPS) is 16.7. The number of sulfonamides is 1. The van der Waals surface area contributed by atoms with Crippen molar-refractivity contribution in [2.24, 2.45) is 0 Å². The highest BCUT2D eigenvalue weighted by Crippen LogP contribution is 2.22. The Morgan fingerprint density at radius 3 is 2.41 bits per heavy atom. The van der Waals surface area contributed by atoms with Crippen molar-refractivity contribution in [2.75, 3.05) is 13.1 Å². The Bertz CT molecular complexity index is 907. The largest absolute Gasteiger partial charge is 0.346 e. The minimum absolute atomic E-state index is 0.131. The molecule has 0 aliphatic carbocycles. The van der Waals surface area contributed by atoms with Crippen LogP contribution in [0.2, 0.25) is 0 Å². The summed E-state index contributed by atoms with van der Waals surface area (Å²) in [4.78, 5) is 12.7. The van der Waals surface area contributed by atoms with Gasteiger partial charge in [0.1, 0.15) is 5.82 Å². The fraction of sp³-hybridized carbons (Fsp3) is 0.350. The molecule has 0 radical (unpaired) electrons. The van der Waals surface area contributed by atoms with Gasteiger partial charge in [-0.25, -0.2) is 12.8 Å². The highest BCUT2D eigenvalue weighted by atomic mass is 32.2. The van der Waals surface area contributed by atoms with Gasteiger partial charge in [0.25, 0.3) is 5.91 Å². The lowest BCUT2D eigenvalue weighted by atomic mass is 10.1. The predicted molar refractivity (Wildman–Crippen MR) is 101 cm³/mol. The summed E-state index contributed by atoms with van der Waals surface area (Å²) in [5, 5.41) is 2.82. The lowest BCUT2D eigenvalue weighted by Crippen LogP contribution is -2.35. The van der Waals surface area contributed by atoms with Crippen molar-refractivity contribution in [3.05, 3.63) is 65.5 Å². The molecule has 0 aromatic heterocycles. The van der Waals surface area contributed by atoms with E-state index in [1.165, 1.54) is 28.6 Å². The summed E-state index contributed by atoms with van der Waals surface area (Å²) >= 11 is 0. The van der Waals surface area contributed by atoms with Gasteiger partial charge in [-0.05, 0) is 55.7 Å². The molecule has 1 N–H and O–H groups in total. The van der Waals surface area contributed by atoms with Gasteiger partial charge in [-0.3, -0.25) is 4.79 Å². The van der Waals surface area contributed by atoms with Crippen LogP contribution in [-0.4, -0.2) is 31.7 Å². The molecule has 1 heterocycles. The van der Waals surface area contributed by atoms with E-state index in [1.807, 2.05) is 0 Å². The molecule has 2 aromatic rings. The molecular weight excluding hydrogens is 367 g/mol. The summed E-state index contributed by atoms with van der Waals surface area (Å²) < 4.78 is 40.1. The number of carbonyl (C=O) groups is 1. The van der Waals surface area contributed by atoms with Crippen LogP contribution in [0, 0.1) is 5.82 Å². The monoisotopic (exact) mass is 390 g/mol. The number of nitrogens with zero attached hydrogens (tertiary/aromatic N) is 1. The zero-order valence-corrected chi connectivity index (χ0v) is 16.0. The Morgan fingerprint density at radius 2 is 1.74 bits per heavy atom. The SMILES string of the molecule is C[C@H](NC(=O)c1cccc(S(=O)(=O)N2CCCCC2)c1)c1ccc(F)cc1. The molecular formula is C20H23FN2O3S. The molecule has 1 atom stereocenters. The third kappa shape index (κ3) is 4.54. The lowest BCUT2D eigenvalue weighted by molar-refractivity contribution is 0.0939. The van der Waals surface area contributed by atoms with Crippen molar-refractivity contribution >= 4 is 15.9 Å². The standard InChI is InChI=1S/C20H23FN2O3S/c1-15(16-8-10-18(21)11-9-16)22-20(24)17-6-5-7-19(14-17)27(25,26)23-12-3-2-4-13-23/h5-11,14-15H,2-4,12-13H2,1H3,(H,22,24)/t15-/m0/s1. The van der Waals surface area contributed by atoms with Gasteiger partial charge in [0.2, 0.25) is 10.0 Å². The van der Waals surface area contributed by atoms with Gasteiger partial charge in [-0.15, -0.1) is 0 Å². The summed E-state index contributed by atoms with van der Waals surface area (Å²) in [5.74, 6) is -0.713. The zero-order chi connectivity index (χ0) is 19.4. The van der Waals surface area contributed by atoms with Crippen LogP contribution in [0.4, 0.5) is 4.39 Å². The summed E-state index contributed by atoms with van der Waals surface area (Å²) in [6.45, 7) is 2.82. The van der Waals surface area contributed by atoms with E-state index < -0.39 is 10.0 Å². The molecule has 3 rings (SSSR count). The maximum atomic E-state index is 13.0. The summed E-state index contributed by atoms with van der Waals surface area (Å²) in [5.41, 5.74) is 1.05. The molecule has 27 heavy (non-hydrogen) atoms. The number of halogens is 1. The fourth-order valence-electron chi connectivity index (χ4n) is 3.17. The number of carbonyl (C=O) groups excluding carboxylic acids is 1. The van der Waals surface area contributed by atoms with Gasteiger partial charge in [-0.1, -0.05) is 24.6 Å². The van der Waals surface area contributed by atoms with Gasteiger partial charge in [0.15, 0.2) is 0 Å². The second kappa shape index (κ2) is 8.19. The molecule has 1 amide bonds. The van der Waals surface area contributed by atoms with Crippen LogP contribution >= 0.6 is 0 Å². The van der Waals surface area contributed by atoms with Crippen molar-refractivity contribution in [1.29, 1.82) is 0 Å². The number of hydrogen-bond acceptors (Lipinski definition) is 3. The van der Waals surface area contributed by atoms with E-state index in [4.69, 9.17) is 0 Å². The van der Waals surface area contributed by atoms with Crippen molar-refractivity contribution in [2.45, 2.75) is 37.1 Å². The Kier molecular flexibility index (Phi) is 5.92. The molecule has 0 spiro atoms. The molecule has 7 heteroatoms. The highest BCUT2D eigenvalue weighted by molar-refractivity contribution is 7.89. The number of nitrogens with one attached hydrogen (secondary N) is 1. The Hall–Kier alpha value is -2.25. The highest BCUT2D eigenvalue weighted by Gasteiger charge is 2.26. The molecule has 0 saturated carbocycles. The zero-order valence-electron chi connectivity index (χ0n) is 15.2. The first kappa shape index (κ1) is 19.5. The first-order valence-corrected chi connectivity index (χ1v) is 10.5. The van der Waals surface area contributed by atoms with Crippen LogP contribution in [0.5, 0.6) is 0 Å². The summed E-state index contributed by atoms with van der Waals surface area (Å²) in [7, 11) is -3.59. The van der Waals surface area contributed by atoms with Crippen LogP contribution in [0.15, 0.2) is 53.4 Å². The summed E-state index contributed by atoms with van der Waals surface area (Å²) in [6.07, 6.45) is 2.75. The average molecular weight is 390 g/mol. The molecule has 144 valence electrons. The Labute approximate surface area is 159 Å². The van der Waals surface area contributed by atoms with Gasteiger partial charge in [0.05, 0.1) is 10.9 Å². The molecule has 1 saturated heterocycles.